The Balaban J connectivity index is 1.48. The number of aliphatic hydroxyl groups is 1. The Bertz CT molecular complexity index is 1100. The van der Waals surface area contributed by atoms with Gasteiger partial charge in [0.25, 0.3) is 0 Å². The topological polar surface area (TPSA) is 88.3 Å². The molecule has 0 unspecified atom stereocenters. The summed E-state index contributed by atoms with van der Waals surface area (Å²) >= 11 is 0. The van der Waals surface area contributed by atoms with Gasteiger partial charge in [-0.25, -0.2) is 9.67 Å². The fourth-order valence-corrected chi connectivity index (χ4v) is 4.80. The highest BCUT2D eigenvalue weighted by Gasteiger charge is 2.24. The number of benzene rings is 1. The van der Waals surface area contributed by atoms with Crippen LogP contribution in [-0.4, -0.2) is 56.6 Å². The Kier molecular flexibility index (Phi) is 5.27. The van der Waals surface area contributed by atoms with E-state index in [2.05, 4.69) is 34.4 Å². The second-order valence-corrected chi connectivity index (χ2v) is 8.86. The summed E-state index contributed by atoms with van der Waals surface area (Å²) in [7, 11) is 3.84. The Morgan fingerprint density at radius 2 is 1.97 bits per heavy atom. The standard InChI is InChI=1S/C23H30N6O2/c1-14-19-12-24-23(26-22(19)29(27-14)17-4-6-18(30)7-5-17)25-20-10-16-13-28(2)9-8-15(16)11-21(20)31-3/h10-12,17-18,30H,4-9,13H2,1-3H3,(H,24,25,26). The number of aliphatic hydroxyl groups excluding tert-OH is 1. The van der Waals surface area contributed by atoms with E-state index in [0.29, 0.717) is 5.95 Å². The first-order valence-corrected chi connectivity index (χ1v) is 11.1. The molecule has 1 aliphatic heterocycles. The summed E-state index contributed by atoms with van der Waals surface area (Å²) in [5.41, 5.74) is 5.29. The van der Waals surface area contributed by atoms with Gasteiger partial charge in [-0.1, -0.05) is 0 Å². The van der Waals surface area contributed by atoms with Crippen LogP contribution in [0, 0.1) is 6.92 Å². The zero-order chi connectivity index (χ0) is 21.5. The van der Waals surface area contributed by atoms with Gasteiger partial charge in [-0.2, -0.15) is 10.1 Å². The number of hydrogen-bond acceptors (Lipinski definition) is 7. The molecule has 0 bridgehead atoms. The lowest BCUT2D eigenvalue weighted by Crippen LogP contribution is -2.26. The molecule has 5 rings (SSSR count). The molecule has 3 aromatic rings. The van der Waals surface area contributed by atoms with Gasteiger partial charge in [0.05, 0.1) is 36.0 Å². The van der Waals surface area contributed by atoms with Crippen molar-refractivity contribution in [2.75, 3.05) is 26.0 Å². The van der Waals surface area contributed by atoms with Crippen LogP contribution in [0.5, 0.6) is 5.75 Å². The van der Waals surface area contributed by atoms with E-state index in [1.807, 2.05) is 17.8 Å². The summed E-state index contributed by atoms with van der Waals surface area (Å²) < 4.78 is 7.69. The van der Waals surface area contributed by atoms with E-state index in [0.717, 1.165) is 73.4 Å². The smallest absolute Gasteiger partial charge is 0.229 e. The van der Waals surface area contributed by atoms with Gasteiger partial charge in [0.1, 0.15) is 5.75 Å². The number of aryl methyl sites for hydroxylation is 1. The van der Waals surface area contributed by atoms with E-state index in [9.17, 15) is 5.11 Å². The molecule has 2 N–H and O–H groups in total. The SMILES string of the molecule is COc1cc2c(cc1Nc1ncc3c(C)nn(C4CCC(O)CC4)c3n1)CN(C)CC2. The summed E-state index contributed by atoms with van der Waals surface area (Å²) in [5, 5.41) is 19.0. The number of likely N-dealkylation sites (N-methyl/N-ethyl adjacent to an activating group) is 1. The first kappa shape index (κ1) is 20.2. The van der Waals surface area contributed by atoms with Crippen LogP contribution in [0.2, 0.25) is 0 Å². The Morgan fingerprint density at radius 3 is 2.74 bits per heavy atom. The zero-order valence-corrected chi connectivity index (χ0v) is 18.4. The van der Waals surface area contributed by atoms with Crippen molar-refractivity contribution in [3.8, 4) is 5.75 Å². The quantitative estimate of drug-likeness (QED) is 0.667. The molecule has 1 aliphatic carbocycles. The first-order chi connectivity index (χ1) is 15.0. The minimum Gasteiger partial charge on any atom is -0.495 e. The third kappa shape index (κ3) is 3.85. The van der Waals surface area contributed by atoms with Crippen molar-refractivity contribution in [1.82, 2.24) is 24.6 Å². The monoisotopic (exact) mass is 422 g/mol. The van der Waals surface area contributed by atoms with Gasteiger partial charge in [-0.15, -0.1) is 0 Å². The number of anilines is 2. The van der Waals surface area contributed by atoms with Crippen molar-refractivity contribution < 1.29 is 9.84 Å². The molecule has 8 heteroatoms. The van der Waals surface area contributed by atoms with Gasteiger partial charge in [-0.3, -0.25) is 0 Å². The fourth-order valence-electron chi connectivity index (χ4n) is 4.80. The average molecular weight is 423 g/mol. The van der Waals surface area contributed by atoms with Crippen molar-refractivity contribution in [3.05, 3.63) is 35.2 Å². The van der Waals surface area contributed by atoms with Crippen LogP contribution < -0.4 is 10.1 Å². The minimum atomic E-state index is -0.193. The Morgan fingerprint density at radius 1 is 1.16 bits per heavy atom. The molecular weight excluding hydrogens is 392 g/mol. The molecule has 31 heavy (non-hydrogen) atoms. The summed E-state index contributed by atoms with van der Waals surface area (Å²) in [4.78, 5) is 11.7. The van der Waals surface area contributed by atoms with E-state index in [1.54, 1.807) is 7.11 Å². The van der Waals surface area contributed by atoms with E-state index in [-0.39, 0.29) is 12.1 Å². The molecule has 1 fully saturated rings. The summed E-state index contributed by atoms with van der Waals surface area (Å²) in [6.07, 6.45) is 6.12. The van der Waals surface area contributed by atoms with Gasteiger partial charge in [0.2, 0.25) is 5.95 Å². The molecule has 0 radical (unpaired) electrons. The largest absolute Gasteiger partial charge is 0.495 e. The van der Waals surface area contributed by atoms with Crippen molar-refractivity contribution in [1.29, 1.82) is 0 Å². The number of ether oxygens (including phenoxy) is 1. The molecule has 2 aromatic heterocycles. The molecule has 1 saturated carbocycles. The van der Waals surface area contributed by atoms with Crippen LogP contribution >= 0.6 is 0 Å². The lowest BCUT2D eigenvalue weighted by atomic mass is 9.93. The predicted molar refractivity (Wildman–Crippen MR) is 120 cm³/mol. The predicted octanol–water partition coefficient (Wildman–Crippen LogP) is 3.35. The van der Waals surface area contributed by atoms with Crippen LogP contribution in [0.15, 0.2) is 18.3 Å². The second-order valence-electron chi connectivity index (χ2n) is 8.86. The number of hydrogen-bond donors (Lipinski definition) is 2. The maximum Gasteiger partial charge on any atom is 0.229 e. The molecule has 0 amide bonds. The molecule has 0 saturated heterocycles. The molecular formula is C23H30N6O2. The molecule has 8 nitrogen and oxygen atoms in total. The summed E-state index contributed by atoms with van der Waals surface area (Å²) in [6.45, 7) is 3.98. The van der Waals surface area contributed by atoms with Gasteiger partial charge in [-0.05, 0) is 69.3 Å². The third-order valence-electron chi connectivity index (χ3n) is 6.62. The van der Waals surface area contributed by atoms with E-state index in [4.69, 9.17) is 14.8 Å². The maximum absolute atomic E-state index is 9.87. The molecule has 164 valence electrons. The lowest BCUT2D eigenvalue weighted by molar-refractivity contribution is 0.109. The van der Waals surface area contributed by atoms with Crippen molar-refractivity contribution in [2.24, 2.45) is 0 Å². The van der Waals surface area contributed by atoms with Crippen LogP contribution in [0.3, 0.4) is 0 Å². The zero-order valence-electron chi connectivity index (χ0n) is 18.4. The van der Waals surface area contributed by atoms with Crippen molar-refractivity contribution >= 4 is 22.7 Å². The number of aromatic nitrogens is 4. The number of methoxy groups -OCH3 is 1. The summed E-state index contributed by atoms with van der Waals surface area (Å²) in [5.74, 6) is 1.34. The maximum atomic E-state index is 9.87. The number of nitrogens with one attached hydrogen (secondary N) is 1. The van der Waals surface area contributed by atoms with Gasteiger partial charge in [0, 0.05) is 19.3 Å². The highest BCUT2D eigenvalue weighted by Crippen LogP contribution is 2.34. The van der Waals surface area contributed by atoms with E-state index < -0.39 is 0 Å². The highest BCUT2D eigenvalue weighted by molar-refractivity contribution is 5.79. The van der Waals surface area contributed by atoms with Gasteiger partial charge in [0.15, 0.2) is 5.65 Å². The van der Waals surface area contributed by atoms with Crippen molar-refractivity contribution in [3.63, 3.8) is 0 Å². The summed E-state index contributed by atoms with van der Waals surface area (Å²) in [6, 6.07) is 4.55. The Labute approximate surface area is 182 Å². The van der Waals surface area contributed by atoms with Crippen molar-refractivity contribution in [2.45, 2.75) is 57.7 Å². The normalized spacial score (nSPS) is 21.8. The first-order valence-electron chi connectivity index (χ1n) is 11.1. The fraction of sp³-hybridized carbons (Fsp3) is 0.522. The minimum absolute atomic E-state index is 0.193. The van der Waals surface area contributed by atoms with Gasteiger partial charge < -0.3 is 20.1 Å². The third-order valence-corrected chi connectivity index (χ3v) is 6.62. The number of fused-ring (bicyclic) bond motifs is 2. The molecule has 3 heterocycles. The lowest BCUT2D eigenvalue weighted by Gasteiger charge is -2.26. The number of nitrogens with zero attached hydrogens (tertiary/aromatic N) is 5. The highest BCUT2D eigenvalue weighted by atomic mass is 16.5. The van der Waals surface area contributed by atoms with Crippen LogP contribution in [0.1, 0.15) is 48.5 Å². The molecule has 1 aromatic carbocycles. The average Bonchev–Trinajstić information content (AvgIpc) is 3.09. The van der Waals surface area contributed by atoms with Crippen LogP contribution in [-0.2, 0) is 13.0 Å². The molecule has 0 atom stereocenters. The van der Waals surface area contributed by atoms with Crippen LogP contribution in [0.4, 0.5) is 11.6 Å². The van der Waals surface area contributed by atoms with Crippen LogP contribution in [0.25, 0.3) is 11.0 Å². The number of rotatable bonds is 4. The van der Waals surface area contributed by atoms with E-state index in [1.165, 1.54) is 11.1 Å². The second kappa shape index (κ2) is 8.09. The van der Waals surface area contributed by atoms with Gasteiger partial charge >= 0.3 is 0 Å². The van der Waals surface area contributed by atoms with E-state index >= 15 is 0 Å². The molecule has 0 spiro atoms. The Hall–Kier alpha value is -2.71. The molecule has 2 aliphatic rings.